The van der Waals surface area contributed by atoms with Crippen molar-refractivity contribution in [3.8, 4) is 0 Å². The first-order valence-electron chi connectivity index (χ1n) is 4.14. The fraction of sp³-hybridized carbons (Fsp3) is 0.333. The zero-order valence-corrected chi connectivity index (χ0v) is 9.59. The lowest BCUT2D eigenvalue weighted by atomic mass is 10.1. The first-order valence-corrected chi connectivity index (χ1v) is 5.22. The van der Waals surface area contributed by atoms with Crippen molar-refractivity contribution in [1.29, 1.82) is 0 Å². The summed E-state index contributed by atoms with van der Waals surface area (Å²) in [4.78, 5) is 0. The molecule has 2 nitrogen and oxygen atoms in total. The van der Waals surface area contributed by atoms with E-state index in [1.807, 2.05) is 22.6 Å². The molecule has 0 aliphatic rings. The normalized spacial score (nSPS) is 12.9. The maximum atomic E-state index is 13.3. The van der Waals surface area contributed by atoms with E-state index in [2.05, 4.69) is 0 Å². The van der Waals surface area contributed by atoms with Gasteiger partial charge in [0, 0.05) is 21.7 Å². The summed E-state index contributed by atoms with van der Waals surface area (Å²) in [6, 6.07) is 2.30. The van der Waals surface area contributed by atoms with Gasteiger partial charge < -0.3 is 11.5 Å². The first-order chi connectivity index (χ1) is 6.56. The van der Waals surface area contributed by atoms with Gasteiger partial charge in [0.2, 0.25) is 0 Å². The number of benzene rings is 1. The molecule has 0 bridgehead atoms. The molecular weight excluding hydrogens is 301 g/mol. The van der Waals surface area contributed by atoms with Gasteiger partial charge in [-0.2, -0.15) is 0 Å². The third kappa shape index (κ3) is 2.61. The van der Waals surface area contributed by atoms with Crippen LogP contribution in [-0.4, -0.2) is 12.6 Å². The van der Waals surface area contributed by atoms with Crippen molar-refractivity contribution in [2.75, 3.05) is 6.54 Å². The minimum absolute atomic E-state index is 0.256. The maximum Gasteiger partial charge on any atom is 0.163 e. The molecule has 0 saturated carbocycles. The van der Waals surface area contributed by atoms with Crippen LogP contribution in [0.3, 0.4) is 0 Å². The number of rotatable bonds is 3. The molecule has 1 aromatic carbocycles. The number of nitrogens with two attached hydrogens (primary N) is 2. The van der Waals surface area contributed by atoms with Crippen LogP contribution < -0.4 is 11.5 Å². The van der Waals surface area contributed by atoms with E-state index >= 15 is 0 Å². The molecule has 1 aromatic rings. The van der Waals surface area contributed by atoms with E-state index in [9.17, 15) is 8.78 Å². The van der Waals surface area contributed by atoms with Gasteiger partial charge in [0.05, 0.1) is 0 Å². The van der Waals surface area contributed by atoms with E-state index in [1.54, 1.807) is 0 Å². The number of halogens is 3. The highest BCUT2D eigenvalue weighted by molar-refractivity contribution is 14.1. The molecule has 14 heavy (non-hydrogen) atoms. The Morgan fingerprint density at radius 3 is 2.57 bits per heavy atom. The summed E-state index contributed by atoms with van der Waals surface area (Å²) >= 11 is 1.95. The molecule has 0 spiro atoms. The maximum absolute atomic E-state index is 13.3. The first kappa shape index (κ1) is 11.8. The predicted octanol–water partition coefficient (Wildman–Crippen LogP) is 1.40. The van der Waals surface area contributed by atoms with Crippen molar-refractivity contribution < 1.29 is 8.78 Å². The van der Waals surface area contributed by atoms with Crippen molar-refractivity contribution in [2.45, 2.75) is 12.5 Å². The molecule has 0 radical (unpaired) electrons. The Bertz CT molecular complexity index is 331. The van der Waals surface area contributed by atoms with E-state index < -0.39 is 11.6 Å². The molecular formula is C9H11F2IN2. The summed E-state index contributed by atoms with van der Waals surface area (Å²) in [6.07, 6.45) is 0.262. The van der Waals surface area contributed by atoms with Gasteiger partial charge in [-0.15, -0.1) is 0 Å². The molecule has 0 heterocycles. The second kappa shape index (κ2) is 4.99. The molecule has 1 unspecified atom stereocenters. The van der Waals surface area contributed by atoms with Crippen LogP contribution >= 0.6 is 22.6 Å². The third-order valence-electron chi connectivity index (χ3n) is 1.91. The quantitative estimate of drug-likeness (QED) is 0.655. The van der Waals surface area contributed by atoms with Crippen LogP contribution in [0, 0.1) is 15.2 Å². The topological polar surface area (TPSA) is 52.0 Å². The van der Waals surface area contributed by atoms with Gasteiger partial charge in [0.25, 0.3) is 0 Å². The molecule has 0 fully saturated rings. The van der Waals surface area contributed by atoms with Crippen molar-refractivity contribution >= 4 is 22.6 Å². The van der Waals surface area contributed by atoms with Crippen LogP contribution in [0.1, 0.15) is 5.56 Å². The average Bonchev–Trinajstić information content (AvgIpc) is 2.18. The van der Waals surface area contributed by atoms with Gasteiger partial charge in [-0.3, -0.25) is 0 Å². The van der Waals surface area contributed by atoms with Crippen LogP contribution in [-0.2, 0) is 6.42 Å². The molecule has 0 saturated heterocycles. The molecule has 1 rings (SSSR count). The predicted molar refractivity (Wildman–Crippen MR) is 59.8 cm³/mol. The molecule has 4 N–H and O–H groups in total. The summed E-state index contributed by atoms with van der Waals surface area (Å²) in [5.74, 6) is -1.66. The Morgan fingerprint density at radius 2 is 2.00 bits per heavy atom. The Hall–Kier alpha value is -0.270. The van der Waals surface area contributed by atoms with Gasteiger partial charge in [0.1, 0.15) is 0 Å². The van der Waals surface area contributed by atoms with Crippen molar-refractivity contribution in [1.82, 2.24) is 0 Å². The van der Waals surface area contributed by atoms with E-state index in [4.69, 9.17) is 11.5 Å². The second-order valence-electron chi connectivity index (χ2n) is 3.02. The smallest absolute Gasteiger partial charge is 0.163 e. The Morgan fingerprint density at radius 1 is 1.36 bits per heavy atom. The molecule has 0 aliphatic carbocycles. The lowest BCUT2D eigenvalue weighted by Gasteiger charge is -2.11. The standard InChI is InChI=1S/C9H11F2IN2/c10-7-1-2-8(12)6(9(7)11)3-5(14)4-13/h1-2,5H,3-4,13-14H2. The zero-order chi connectivity index (χ0) is 10.7. The molecule has 0 amide bonds. The largest absolute Gasteiger partial charge is 0.329 e. The van der Waals surface area contributed by atoms with Crippen molar-refractivity contribution in [3.63, 3.8) is 0 Å². The van der Waals surface area contributed by atoms with Crippen molar-refractivity contribution in [2.24, 2.45) is 11.5 Å². The van der Waals surface area contributed by atoms with Crippen LogP contribution in [0.15, 0.2) is 12.1 Å². The third-order valence-corrected chi connectivity index (χ3v) is 2.92. The van der Waals surface area contributed by atoms with Crippen LogP contribution in [0.5, 0.6) is 0 Å². The van der Waals surface area contributed by atoms with Gasteiger partial charge in [0.15, 0.2) is 11.6 Å². The van der Waals surface area contributed by atoms with Crippen LogP contribution in [0.2, 0.25) is 0 Å². The molecule has 0 aliphatic heterocycles. The van der Waals surface area contributed by atoms with Crippen LogP contribution in [0.25, 0.3) is 0 Å². The van der Waals surface area contributed by atoms with E-state index in [-0.39, 0.29) is 19.0 Å². The molecule has 0 aromatic heterocycles. The Balaban J connectivity index is 3.00. The van der Waals surface area contributed by atoms with Gasteiger partial charge in [-0.05, 0) is 41.1 Å². The highest BCUT2D eigenvalue weighted by Gasteiger charge is 2.14. The molecule has 5 heteroatoms. The Kier molecular flexibility index (Phi) is 4.21. The lowest BCUT2D eigenvalue weighted by molar-refractivity contribution is 0.492. The van der Waals surface area contributed by atoms with Crippen molar-refractivity contribution in [3.05, 3.63) is 32.9 Å². The van der Waals surface area contributed by atoms with E-state index in [0.29, 0.717) is 9.13 Å². The van der Waals surface area contributed by atoms with Crippen LogP contribution in [0.4, 0.5) is 8.78 Å². The number of hydrogen-bond donors (Lipinski definition) is 2. The molecule has 1 atom stereocenters. The number of hydrogen-bond acceptors (Lipinski definition) is 2. The highest BCUT2D eigenvalue weighted by Crippen LogP contribution is 2.19. The van der Waals surface area contributed by atoms with Gasteiger partial charge in [-0.1, -0.05) is 0 Å². The summed E-state index contributed by atoms with van der Waals surface area (Å²) in [7, 11) is 0. The fourth-order valence-corrected chi connectivity index (χ4v) is 1.74. The highest BCUT2D eigenvalue weighted by atomic mass is 127. The minimum Gasteiger partial charge on any atom is -0.329 e. The summed E-state index contributed by atoms with van der Waals surface area (Å²) in [6.45, 7) is 0.256. The average molecular weight is 312 g/mol. The van der Waals surface area contributed by atoms with Gasteiger partial charge >= 0.3 is 0 Å². The SMILES string of the molecule is NCC(N)Cc1c(I)ccc(F)c1F. The summed E-state index contributed by atoms with van der Waals surface area (Å²) in [5, 5.41) is 0. The monoisotopic (exact) mass is 312 g/mol. The fourth-order valence-electron chi connectivity index (χ4n) is 1.10. The minimum atomic E-state index is -0.843. The Labute approximate surface area is 94.8 Å². The summed E-state index contributed by atoms with van der Waals surface area (Å²) in [5.41, 5.74) is 11.2. The van der Waals surface area contributed by atoms with E-state index in [1.165, 1.54) is 6.07 Å². The van der Waals surface area contributed by atoms with Gasteiger partial charge in [-0.25, -0.2) is 8.78 Å². The summed E-state index contributed by atoms with van der Waals surface area (Å²) < 4.78 is 26.8. The zero-order valence-electron chi connectivity index (χ0n) is 7.43. The lowest BCUT2D eigenvalue weighted by Crippen LogP contribution is -2.32. The molecule has 78 valence electrons. The van der Waals surface area contributed by atoms with E-state index in [0.717, 1.165) is 6.07 Å². The second-order valence-corrected chi connectivity index (χ2v) is 4.18.